The molecule has 0 bridgehead atoms. The zero-order valence-corrected chi connectivity index (χ0v) is 21.9. The van der Waals surface area contributed by atoms with Gasteiger partial charge in [0.2, 0.25) is 0 Å². The van der Waals surface area contributed by atoms with Crippen molar-refractivity contribution >= 4 is 23.0 Å². The molecule has 5 rings (SSSR count). The fourth-order valence-electron chi connectivity index (χ4n) is 5.26. The molecule has 0 saturated heterocycles. The fraction of sp³-hybridized carbons (Fsp3) is 0.467. The van der Waals surface area contributed by atoms with Crippen LogP contribution in [0.4, 0.5) is 4.79 Å². The lowest BCUT2D eigenvalue weighted by Crippen LogP contribution is -2.47. The number of aromatic nitrogens is 1. The van der Waals surface area contributed by atoms with E-state index in [9.17, 15) is 14.7 Å². The van der Waals surface area contributed by atoms with Crippen molar-refractivity contribution < 1.29 is 19.4 Å². The molecule has 3 atom stereocenters. The summed E-state index contributed by atoms with van der Waals surface area (Å²) in [5.41, 5.74) is 2.53. The van der Waals surface area contributed by atoms with Crippen LogP contribution in [0.1, 0.15) is 57.1 Å². The summed E-state index contributed by atoms with van der Waals surface area (Å²) in [6, 6.07) is 17.7. The zero-order valence-electron chi connectivity index (χ0n) is 21.9. The van der Waals surface area contributed by atoms with Gasteiger partial charge >= 0.3 is 12.1 Å². The number of rotatable bonds is 10. The molecule has 0 radical (unpaired) electrons. The Hall–Kier alpha value is -3.32. The Morgan fingerprint density at radius 3 is 2.51 bits per heavy atom. The van der Waals surface area contributed by atoms with Crippen LogP contribution in [0.3, 0.4) is 0 Å². The molecule has 0 aliphatic heterocycles. The molecule has 3 N–H and O–H groups in total. The minimum absolute atomic E-state index is 0.108. The molecule has 7 heteroatoms. The first-order valence-electron chi connectivity index (χ1n) is 13.2. The first-order valence-corrected chi connectivity index (χ1v) is 13.2. The van der Waals surface area contributed by atoms with Crippen molar-refractivity contribution in [1.82, 2.24) is 15.2 Å². The van der Waals surface area contributed by atoms with Crippen LogP contribution in [0, 0.1) is 5.41 Å². The van der Waals surface area contributed by atoms with Crippen molar-refractivity contribution in [2.75, 3.05) is 13.1 Å². The molecule has 0 spiro atoms. The van der Waals surface area contributed by atoms with Gasteiger partial charge in [-0.3, -0.25) is 4.79 Å². The monoisotopic (exact) mass is 503 g/mol. The normalized spacial score (nSPS) is 20.8. The van der Waals surface area contributed by atoms with E-state index < -0.39 is 17.6 Å². The molecule has 2 saturated carbocycles. The highest BCUT2D eigenvalue weighted by molar-refractivity contribution is 5.84. The number of benzene rings is 2. The van der Waals surface area contributed by atoms with Crippen LogP contribution in [0.5, 0.6) is 0 Å². The number of amides is 1. The Balaban J connectivity index is 1.27. The van der Waals surface area contributed by atoms with Crippen molar-refractivity contribution in [3.63, 3.8) is 0 Å². The van der Waals surface area contributed by atoms with Gasteiger partial charge in [-0.1, -0.05) is 48.5 Å². The van der Waals surface area contributed by atoms with Crippen LogP contribution >= 0.6 is 0 Å². The number of aliphatic carboxylic acids is 1. The maximum Gasteiger partial charge on any atom is 0.410 e. The Bertz CT molecular complexity index is 1260. The smallest absolute Gasteiger partial charge is 0.410 e. The molecule has 196 valence electrons. The highest BCUT2D eigenvalue weighted by Gasteiger charge is 2.52. The number of nitrogens with one attached hydrogen (secondary N) is 2. The van der Waals surface area contributed by atoms with Gasteiger partial charge in [0.1, 0.15) is 11.6 Å². The van der Waals surface area contributed by atoms with E-state index in [2.05, 4.69) is 22.4 Å². The molecule has 0 unspecified atom stereocenters. The standard InChI is InChI=1S/C30H37N3O4/c1-29(2,3)37-28(36)33(26-16-23(26)20-9-5-4-6-10-20)19-30(13-14-30)18-32-25(27(34)35)15-21-17-31-24-12-8-7-11-22(21)24/h4-12,17,23,25-26,31-32H,13-16,18-19H2,1-3H3,(H,34,35)/t23-,25-,26+/m0/s1. The second-order valence-electron chi connectivity index (χ2n) is 11.8. The summed E-state index contributed by atoms with van der Waals surface area (Å²) in [6.07, 6.45) is 4.85. The van der Waals surface area contributed by atoms with Gasteiger partial charge in [0.15, 0.2) is 0 Å². The quantitative estimate of drug-likeness (QED) is 0.348. The topological polar surface area (TPSA) is 94.7 Å². The van der Waals surface area contributed by atoms with Gasteiger partial charge in [0.25, 0.3) is 0 Å². The van der Waals surface area contributed by atoms with Gasteiger partial charge in [0, 0.05) is 54.0 Å². The van der Waals surface area contributed by atoms with Crippen LogP contribution in [-0.4, -0.2) is 57.8 Å². The van der Waals surface area contributed by atoms with Gasteiger partial charge in [-0.25, -0.2) is 4.79 Å². The average Bonchev–Trinajstić information content (AvgIpc) is 3.77. The van der Waals surface area contributed by atoms with Crippen molar-refractivity contribution in [2.24, 2.45) is 5.41 Å². The summed E-state index contributed by atoms with van der Waals surface area (Å²) >= 11 is 0. The number of carboxylic acids is 1. The van der Waals surface area contributed by atoms with E-state index in [1.807, 2.05) is 74.3 Å². The van der Waals surface area contributed by atoms with Crippen molar-refractivity contribution in [1.29, 1.82) is 0 Å². The minimum Gasteiger partial charge on any atom is -0.480 e. The number of ether oxygens (including phenoxy) is 1. The van der Waals surface area contributed by atoms with Crippen molar-refractivity contribution in [3.8, 4) is 0 Å². The lowest BCUT2D eigenvalue weighted by Gasteiger charge is -2.31. The molecular formula is C30H37N3O4. The van der Waals surface area contributed by atoms with E-state index in [1.54, 1.807) is 0 Å². The van der Waals surface area contributed by atoms with Crippen molar-refractivity contribution in [3.05, 3.63) is 71.9 Å². The lowest BCUT2D eigenvalue weighted by atomic mass is 10.0. The molecule has 1 amide bonds. The van der Waals surface area contributed by atoms with Gasteiger partial charge in [-0.2, -0.15) is 0 Å². The summed E-state index contributed by atoms with van der Waals surface area (Å²) in [4.78, 5) is 30.6. The maximum absolute atomic E-state index is 13.3. The van der Waals surface area contributed by atoms with Gasteiger partial charge in [0.05, 0.1) is 0 Å². The summed E-state index contributed by atoms with van der Waals surface area (Å²) in [5.74, 6) is -0.553. The number of fused-ring (bicyclic) bond motifs is 1. The molecule has 3 aromatic rings. The SMILES string of the molecule is CC(C)(C)OC(=O)N(CC1(CN[C@@H](Cc2c[nH]c3ccccc23)C(=O)O)CC1)[C@@H]1C[C@H]1c1ccccc1. The number of carbonyl (C=O) groups excluding carboxylic acids is 1. The third kappa shape index (κ3) is 5.99. The zero-order chi connectivity index (χ0) is 26.2. The minimum atomic E-state index is -0.864. The summed E-state index contributed by atoms with van der Waals surface area (Å²) < 4.78 is 5.80. The first kappa shape index (κ1) is 25.3. The highest BCUT2D eigenvalue weighted by Crippen LogP contribution is 2.51. The van der Waals surface area contributed by atoms with Gasteiger partial charge in [-0.15, -0.1) is 0 Å². The highest BCUT2D eigenvalue weighted by atomic mass is 16.6. The van der Waals surface area contributed by atoms with E-state index >= 15 is 0 Å². The Kier molecular flexibility index (Phi) is 6.75. The number of nitrogens with zero attached hydrogens (tertiary/aromatic N) is 1. The Morgan fingerprint density at radius 2 is 1.84 bits per heavy atom. The summed E-state index contributed by atoms with van der Waals surface area (Å²) in [7, 11) is 0. The third-order valence-corrected chi connectivity index (χ3v) is 7.60. The van der Waals surface area contributed by atoms with E-state index in [0.29, 0.717) is 25.4 Å². The third-order valence-electron chi connectivity index (χ3n) is 7.60. The molecule has 2 aliphatic rings. The van der Waals surface area contributed by atoms with E-state index in [0.717, 1.165) is 35.7 Å². The molecule has 2 fully saturated rings. The Labute approximate surface area is 218 Å². The van der Waals surface area contributed by atoms with E-state index in [1.165, 1.54) is 5.56 Å². The number of carboxylic acid groups (broad SMARTS) is 1. The lowest BCUT2D eigenvalue weighted by molar-refractivity contribution is -0.139. The molecule has 1 heterocycles. The van der Waals surface area contributed by atoms with E-state index in [-0.39, 0.29) is 17.6 Å². The predicted molar refractivity (Wildman–Crippen MR) is 144 cm³/mol. The predicted octanol–water partition coefficient (Wildman–Crippen LogP) is 5.33. The van der Waals surface area contributed by atoms with Gasteiger partial charge in [-0.05, 0) is 57.2 Å². The molecule has 7 nitrogen and oxygen atoms in total. The van der Waals surface area contributed by atoms with Crippen LogP contribution in [0.15, 0.2) is 60.8 Å². The van der Waals surface area contributed by atoms with Crippen LogP contribution < -0.4 is 5.32 Å². The summed E-state index contributed by atoms with van der Waals surface area (Å²) in [6.45, 7) is 6.79. The second-order valence-corrected chi connectivity index (χ2v) is 11.8. The van der Waals surface area contributed by atoms with Crippen LogP contribution in [-0.2, 0) is 16.0 Å². The van der Waals surface area contributed by atoms with Crippen LogP contribution in [0.25, 0.3) is 10.9 Å². The Morgan fingerprint density at radius 1 is 1.14 bits per heavy atom. The summed E-state index contributed by atoms with van der Waals surface area (Å²) in [5, 5.41) is 14.3. The number of carbonyl (C=O) groups is 2. The molecule has 2 aliphatic carbocycles. The number of hydrogen-bond donors (Lipinski definition) is 3. The average molecular weight is 504 g/mol. The fourth-order valence-corrected chi connectivity index (χ4v) is 5.26. The van der Waals surface area contributed by atoms with Crippen molar-refractivity contribution in [2.45, 2.75) is 70.1 Å². The maximum atomic E-state index is 13.3. The van der Waals surface area contributed by atoms with E-state index in [4.69, 9.17) is 4.74 Å². The molecule has 37 heavy (non-hydrogen) atoms. The molecular weight excluding hydrogens is 466 g/mol. The largest absolute Gasteiger partial charge is 0.480 e. The first-order chi connectivity index (χ1) is 17.6. The molecule has 1 aromatic heterocycles. The second kappa shape index (κ2) is 9.86. The van der Waals surface area contributed by atoms with Crippen LogP contribution in [0.2, 0.25) is 0 Å². The number of para-hydroxylation sites is 1. The molecule has 2 aromatic carbocycles. The van der Waals surface area contributed by atoms with Gasteiger partial charge < -0.3 is 25.0 Å². The number of aromatic amines is 1. The number of H-pyrrole nitrogens is 1. The number of hydrogen-bond acceptors (Lipinski definition) is 4.